The van der Waals surface area contributed by atoms with Gasteiger partial charge >= 0.3 is 6.18 Å². The maximum atomic E-state index is 12.4. The first-order valence-corrected chi connectivity index (χ1v) is 6.07. The van der Waals surface area contributed by atoms with Gasteiger partial charge in [0, 0.05) is 6.54 Å². The predicted octanol–water partition coefficient (Wildman–Crippen LogP) is 1.38. The number of aliphatic hydroxyl groups is 1. The number of alkyl halides is 3. The molecule has 0 saturated carbocycles. The summed E-state index contributed by atoms with van der Waals surface area (Å²) < 4.78 is 37.1. The number of rotatable bonds is 5. The quantitative estimate of drug-likeness (QED) is 0.778. The molecule has 0 aromatic rings. The summed E-state index contributed by atoms with van der Waals surface area (Å²) in [6.07, 6.45) is -2.50. The van der Waals surface area contributed by atoms with Crippen molar-refractivity contribution < 1.29 is 18.3 Å². The first kappa shape index (κ1) is 14.7. The first-order valence-electron chi connectivity index (χ1n) is 6.07. The Bertz CT molecular complexity index is 227. The molecular weight excluding hydrogens is 233 g/mol. The molecule has 0 spiro atoms. The van der Waals surface area contributed by atoms with Crippen LogP contribution in [0.15, 0.2) is 0 Å². The third-order valence-electron chi connectivity index (χ3n) is 2.99. The highest BCUT2D eigenvalue weighted by atomic mass is 19.4. The number of halogens is 3. The van der Waals surface area contributed by atoms with Crippen molar-refractivity contribution >= 4 is 0 Å². The minimum atomic E-state index is -4.20. The van der Waals surface area contributed by atoms with Gasteiger partial charge in [0.15, 0.2) is 0 Å². The van der Waals surface area contributed by atoms with Gasteiger partial charge in [0.1, 0.15) is 0 Å². The van der Waals surface area contributed by atoms with Crippen LogP contribution < -0.4 is 5.32 Å². The molecule has 3 nitrogen and oxygen atoms in total. The minimum Gasteiger partial charge on any atom is -0.388 e. The molecule has 102 valence electrons. The van der Waals surface area contributed by atoms with Gasteiger partial charge in [-0.2, -0.15) is 13.2 Å². The Balaban J connectivity index is 2.52. The van der Waals surface area contributed by atoms with E-state index in [4.69, 9.17) is 0 Å². The lowest BCUT2D eigenvalue weighted by molar-refractivity contribution is -0.153. The predicted molar refractivity (Wildman–Crippen MR) is 59.8 cm³/mol. The van der Waals surface area contributed by atoms with Gasteiger partial charge in [-0.1, -0.05) is 6.92 Å². The smallest absolute Gasteiger partial charge is 0.388 e. The highest BCUT2D eigenvalue weighted by molar-refractivity contribution is 4.87. The molecule has 1 heterocycles. The summed E-state index contributed by atoms with van der Waals surface area (Å²) in [7, 11) is 0. The molecule has 6 heteroatoms. The molecule has 0 unspecified atom stereocenters. The van der Waals surface area contributed by atoms with Crippen LogP contribution >= 0.6 is 0 Å². The van der Waals surface area contributed by atoms with Crippen LogP contribution in [0.1, 0.15) is 26.2 Å². The zero-order valence-electron chi connectivity index (χ0n) is 10.2. The molecule has 0 aromatic heterocycles. The zero-order chi connectivity index (χ0) is 12.9. The van der Waals surface area contributed by atoms with Gasteiger partial charge < -0.3 is 10.4 Å². The first-order chi connectivity index (χ1) is 7.85. The van der Waals surface area contributed by atoms with Crippen LogP contribution in [0.5, 0.6) is 0 Å². The third kappa shape index (κ3) is 5.70. The fourth-order valence-corrected chi connectivity index (χ4v) is 2.25. The number of hydrogen-bond donors (Lipinski definition) is 2. The number of nitrogens with one attached hydrogen (secondary N) is 1. The van der Waals surface area contributed by atoms with E-state index in [-0.39, 0.29) is 6.54 Å². The van der Waals surface area contributed by atoms with Crippen LogP contribution in [0, 0.1) is 0 Å². The highest BCUT2D eigenvalue weighted by Gasteiger charge is 2.36. The van der Waals surface area contributed by atoms with Crippen LogP contribution in [-0.2, 0) is 0 Å². The summed E-state index contributed by atoms with van der Waals surface area (Å²) in [5.41, 5.74) is -0.967. The Morgan fingerprint density at radius 3 is 2.35 bits per heavy atom. The van der Waals surface area contributed by atoms with Gasteiger partial charge in [0.25, 0.3) is 0 Å². The van der Waals surface area contributed by atoms with Crippen molar-refractivity contribution in [2.75, 3.05) is 32.7 Å². The zero-order valence-corrected chi connectivity index (χ0v) is 10.2. The lowest BCUT2D eigenvalue weighted by atomic mass is 9.92. The summed E-state index contributed by atoms with van der Waals surface area (Å²) in [6, 6.07) is 0. The Hall–Kier alpha value is -0.330. The van der Waals surface area contributed by atoms with Crippen molar-refractivity contribution in [3.05, 3.63) is 0 Å². The second kappa shape index (κ2) is 6.02. The van der Waals surface area contributed by atoms with E-state index in [1.54, 1.807) is 0 Å². The van der Waals surface area contributed by atoms with Gasteiger partial charge in [-0.05, 0) is 38.9 Å². The summed E-state index contributed by atoms with van der Waals surface area (Å²) in [5.74, 6) is 0. The molecule has 2 N–H and O–H groups in total. The lowest BCUT2D eigenvalue weighted by Gasteiger charge is -2.37. The summed E-state index contributed by atoms with van der Waals surface area (Å²) in [4.78, 5) is 1.31. The standard InChI is InChI=1S/C11H21F3N2O/c1-2-7-16(9-11(12,13)14)8-10(17)3-5-15-6-4-10/h15,17H,2-9H2,1H3. The van der Waals surface area contributed by atoms with E-state index >= 15 is 0 Å². The van der Waals surface area contributed by atoms with Crippen molar-refractivity contribution in [1.82, 2.24) is 10.2 Å². The normalized spacial score (nSPS) is 20.8. The molecule has 0 atom stereocenters. The molecule has 0 aromatic carbocycles. The van der Waals surface area contributed by atoms with Gasteiger partial charge in [-0.15, -0.1) is 0 Å². The van der Waals surface area contributed by atoms with Crippen LogP contribution in [0.2, 0.25) is 0 Å². The molecular formula is C11H21F3N2O. The Kier molecular flexibility index (Phi) is 5.22. The van der Waals surface area contributed by atoms with Gasteiger partial charge in [0.05, 0.1) is 12.1 Å². The molecule has 1 saturated heterocycles. The lowest BCUT2D eigenvalue weighted by Crippen LogP contribution is -2.51. The molecule has 1 aliphatic heterocycles. The Labute approximate surface area is 100.0 Å². The molecule has 0 aliphatic carbocycles. The van der Waals surface area contributed by atoms with Gasteiger partial charge in [0.2, 0.25) is 0 Å². The molecule has 1 fully saturated rings. The minimum absolute atomic E-state index is 0.113. The van der Waals surface area contributed by atoms with Crippen molar-refractivity contribution in [2.24, 2.45) is 0 Å². The largest absolute Gasteiger partial charge is 0.401 e. The highest BCUT2D eigenvalue weighted by Crippen LogP contribution is 2.23. The van der Waals surface area contributed by atoms with Crippen molar-refractivity contribution in [1.29, 1.82) is 0 Å². The van der Waals surface area contributed by atoms with Crippen LogP contribution in [-0.4, -0.2) is 54.5 Å². The average molecular weight is 254 g/mol. The maximum absolute atomic E-state index is 12.4. The number of nitrogens with zero attached hydrogens (tertiary/aromatic N) is 1. The maximum Gasteiger partial charge on any atom is 0.401 e. The van der Waals surface area contributed by atoms with E-state index in [9.17, 15) is 18.3 Å². The SMILES string of the molecule is CCCN(CC(F)(F)F)CC1(O)CCNCC1. The molecule has 0 bridgehead atoms. The fraction of sp³-hybridized carbons (Fsp3) is 1.00. The fourth-order valence-electron chi connectivity index (χ4n) is 2.25. The third-order valence-corrected chi connectivity index (χ3v) is 2.99. The second-order valence-corrected chi connectivity index (χ2v) is 4.80. The van der Waals surface area contributed by atoms with E-state index in [1.165, 1.54) is 4.90 Å². The average Bonchev–Trinajstić information content (AvgIpc) is 2.15. The van der Waals surface area contributed by atoms with Crippen LogP contribution in [0.3, 0.4) is 0 Å². The van der Waals surface area contributed by atoms with Gasteiger partial charge in [-0.25, -0.2) is 0 Å². The second-order valence-electron chi connectivity index (χ2n) is 4.80. The molecule has 0 amide bonds. The summed E-state index contributed by atoms with van der Waals surface area (Å²) >= 11 is 0. The number of piperidine rings is 1. The van der Waals surface area contributed by atoms with Crippen molar-refractivity contribution in [2.45, 2.75) is 38.0 Å². The monoisotopic (exact) mass is 254 g/mol. The van der Waals surface area contributed by atoms with E-state index in [1.807, 2.05) is 6.92 Å². The summed E-state index contributed by atoms with van der Waals surface area (Å²) in [6.45, 7) is 2.73. The topological polar surface area (TPSA) is 35.5 Å². The number of hydrogen-bond acceptors (Lipinski definition) is 3. The molecule has 0 radical (unpaired) electrons. The molecule has 1 aliphatic rings. The summed E-state index contributed by atoms with van der Waals surface area (Å²) in [5, 5.41) is 13.3. The molecule has 17 heavy (non-hydrogen) atoms. The van der Waals surface area contributed by atoms with E-state index < -0.39 is 18.3 Å². The van der Waals surface area contributed by atoms with E-state index in [0.29, 0.717) is 38.9 Å². The van der Waals surface area contributed by atoms with Crippen molar-refractivity contribution in [3.8, 4) is 0 Å². The molecule has 1 rings (SSSR count). The van der Waals surface area contributed by atoms with E-state index in [0.717, 1.165) is 0 Å². The van der Waals surface area contributed by atoms with Crippen molar-refractivity contribution in [3.63, 3.8) is 0 Å². The Morgan fingerprint density at radius 1 is 1.29 bits per heavy atom. The Morgan fingerprint density at radius 2 is 1.88 bits per heavy atom. The van der Waals surface area contributed by atoms with Crippen LogP contribution in [0.25, 0.3) is 0 Å². The van der Waals surface area contributed by atoms with Gasteiger partial charge in [-0.3, -0.25) is 4.90 Å². The van der Waals surface area contributed by atoms with Crippen LogP contribution in [0.4, 0.5) is 13.2 Å². The van der Waals surface area contributed by atoms with E-state index in [2.05, 4.69) is 5.32 Å².